The van der Waals surface area contributed by atoms with Crippen LogP contribution in [0.4, 0.5) is 11.6 Å². The van der Waals surface area contributed by atoms with Crippen LogP contribution in [0.5, 0.6) is 0 Å². The minimum Gasteiger partial charge on any atom is -0.383 e. The van der Waals surface area contributed by atoms with Gasteiger partial charge in [-0.1, -0.05) is 30.3 Å². The van der Waals surface area contributed by atoms with E-state index in [1.807, 2.05) is 43.3 Å². The normalized spacial score (nSPS) is 18.4. The molecule has 146 valence electrons. The molecule has 2 aromatic rings. The Bertz CT molecular complexity index is 859. The van der Waals surface area contributed by atoms with Crippen molar-refractivity contribution >= 4 is 21.5 Å². The Morgan fingerprint density at radius 2 is 2.04 bits per heavy atom. The van der Waals surface area contributed by atoms with Crippen LogP contribution < -0.4 is 10.2 Å². The highest BCUT2D eigenvalue weighted by atomic mass is 32.2. The predicted octanol–water partition coefficient (Wildman–Crippen LogP) is 2.22. The average Bonchev–Trinajstić information content (AvgIpc) is 3.03. The van der Waals surface area contributed by atoms with Gasteiger partial charge in [0, 0.05) is 37.9 Å². The van der Waals surface area contributed by atoms with Crippen molar-refractivity contribution < 1.29 is 13.2 Å². The SMILES string of the molecule is CCN(c1cc(NCCOC)nc(-c2ccccc2)n1)C1CCS(=O)(=O)C1. The zero-order valence-corrected chi connectivity index (χ0v) is 16.6. The molecule has 2 heterocycles. The second-order valence-electron chi connectivity index (χ2n) is 6.56. The second-order valence-corrected chi connectivity index (χ2v) is 8.79. The molecule has 0 bridgehead atoms. The maximum atomic E-state index is 11.9. The molecule has 1 N–H and O–H groups in total. The molecule has 1 fully saturated rings. The molecule has 0 radical (unpaired) electrons. The number of aromatic nitrogens is 2. The van der Waals surface area contributed by atoms with E-state index in [0.29, 0.717) is 37.8 Å². The van der Waals surface area contributed by atoms with E-state index < -0.39 is 9.84 Å². The highest BCUT2D eigenvalue weighted by Gasteiger charge is 2.32. The molecule has 7 nitrogen and oxygen atoms in total. The lowest BCUT2D eigenvalue weighted by atomic mass is 10.2. The third kappa shape index (κ3) is 4.95. The lowest BCUT2D eigenvalue weighted by Gasteiger charge is -2.28. The van der Waals surface area contributed by atoms with E-state index in [2.05, 4.69) is 15.2 Å². The Morgan fingerprint density at radius 3 is 2.67 bits per heavy atom. The molecule has 27 heavy (non-hydrogen) atoms. The molecule has 3 rings (SSSR count). The van der Waals surface area contributed by atoms with Gasteiger partial charge in [0.2, 0.25) is 0 Å². The number of benzene rings is 1. The maximum Gasteiger partial charge on any atom is 0.163 e. The Morgan fingerprint density at radius 1 is 1.26 bits per heavy atom. The van der Waals surface area contributed by atoms with Crippen molar-refractivity contribution in [2.24, 2.45) is 0 Å². The largest absolute Gasteiger partial charge is 0.383 e. The van der Waals surface area contributed by atoms with Crippen LogP contribution in [0.25, 0.3) is 11.4 Å². The lowest BCUT2D eigenvalue weighted by Crippen LogP contribution is -2.37. The Labute approximate surface area is 160 Å². The van der Waals surface area contributed by atoms with Gasteiger partial charge >= 0.3 is 0 Å². The zero-order chi connectivity index (χ0) is 19.3. The molecule has 8 heteroatoms. The standard InChI is InChI=1S/C19H26N4O3S/c1-3-23(16-9-12-27(24,25)14-16)18-13-17(20-10-11-26-2)21-19(22-18)15-7-5-4-6-8-15/h4-8,13,16H,3,9-12,14H2,1-2H3,(H,20,21,22). The number of rotatable bonds is 8. The minimum absolute atomic E-state index is 0.0506. The van der Waals surface area contributed by atoms with Crippen molar-refractivity contribution in [2.45, 2.75) is 19.4 Å². The van der Waals surface area contributed by atoms with Gasteiger partial charge in [0.1, 0.15) is 11.6 Å². The van der Waals surface area contributed by atoms with Gasteiger partial charge in [-0.25, -0.2) is 18.4 Å². The Hall–Kier alpha value is -2.19. The van der Waals surface area contributed by atoms with E-state index in [-0.39, 0.29) is 17.5 Å². The van der Waals surface area contributed by atoms with E-state index in [1.54, 1.807) is 7.11 Å². The van der Waals surface area contributed by atoms with E-state index >= 15 is 0 Å². The number of nitrogens with one attached hydrogen (secondary N) is 1. The molecule has 1 atom stereocenters. The van der Waals surface area contributed by atoms with Gasteiger partial charge < -0.3 is 15.0 Å². The third-order valence-corrected chi connectivity index (χ3v) is 6.39. The summed E-state index contributed by atoms with van der Waals surface area (Å²) in [5.74, 6) is 2.48. The summed E-state index contributed by atoms with van der Waals surface area (Å²) in [5.41, 5.74) is 0.921. The average molecular weight is 391 g/mol. The van der Waals surface area contributed by atoms with Gasteiger partial charge in [-0.2, -0.15) is 0 Å². The highest BCUT2D eigenvalue weighted by molar-refractivity contribution is 7.91. The van der Waals surface area contributed by atoms with E-state index in [0.717, 1.165) is 11.4 Å². The van der Waals surface area contributed by atoms with Crippen LogP contribution in [-0.4, -0.2) is 62.7 Å². The smallest absolute Gasteiger partial charge is 0.163 e. The van der Waals surface area contributed by atoms with Crippen molar-refractivity contribution in [3.05, 3.63) is 36.4 Å². The summed E-state index contributed by atoms with van der Waals surface area (Å²) in [5, 5.41) is 3.26. The van der Waals surface area contributed by atoms with E-state index in [9.17, 15) is 8.42 Å². The lowest BCUT2D eigenvalue weighted by molar-refractivity contribution is 0.210. The van der Waals surface area contributed by atoms with Gasteiger partial charge in [0.25, 0.3) is 0 Å². The molecular weight excluding hydrogens is 364 g/mol. The van der Waals surface area contributed by atoms with Gasteiger partial charge in [-0.05, 0) is 13.3 Å². The van der Waals surface area contributed by atoms with Gasteiger partial charge in [0.15, 0.2) is 15.7 Å². The molecule has 0 spiro atoms. The summed E-state index contributed by atoms with van der Waals surface area (Å²) in [6, 6.07) is 11.6. The van der Waals surface area contributed by atoms with Crippen molar-refractivity contribution in [3.8, 4) is 11.4 Å². The monoisotopic (exact) mass is 390 g/mol. The first kappa shape index (κ1) is 19.6. The van der Waals surface area contributed by atoms with E-state index in [4.69, 9.17) is 9.72 Å². The molecule has 0 amide bonds. The predicted molar refractivity (Wildman–Crippen MR) is 108 cm³/mol. The van der Waals surface area contributed by atoms with Crippen LogP contribution in [-0.2, 0) is 14.6 Å². The summed E-state index contributed by atoms with van der Waals surface area (Å²) in [6.07, 6.45) is 0.632. The molecule has 0 aliphatic carbocycles. The summed E-state index contributed by atoms with van der Waals surface area (Å²) in [4.78, 5) is 11.4. The van der Waals surface area contributed by atoms with Crippen LogP contribution in [0.3, 0.4) is 0 Å². The summed E-state index contributed by atoms with van der Waals surface area (Å²) < 4.78 is 29.0. The Balaban J connectivity index is 1.95. The topological polar surface area (TPSA) is 84.4 Å². The first-order valence-corrected chi connectivity index (χ1v) is 11.0. The summed E-state index contributed by atoms with van der Waals surface area (Å²) in [6.45, 7) is 3.90. The number of methoxy groups -OCH3 is 1. The summed E-state index contributed by atoms with van der Waals surface area (Å²) in [7, 11) is -1.31. The first-order valence-electron chi connectivity index (χ1n) is 9.17. The fourth-order valence-corrected chi connectivity index (χ4v) is 5.03. The highest BCUT2D eigenvalue weighted by Crippen LogP contribution is 2.27. The zero-order valence-electron chi connectivity index (χ0n) is 15.8. The van der Waals surface area contributed by atoms with Gasteiger partial charge in [-0.15, -0.1) is 0 Å². The quantitative estimate of drug-likeness (QED) is 0.692. The third-order valence-electron chi connectivity index (χ3n) is 4.64. The van der Waals surface area contributed by atoms with Crippen molar-refractivity contribution in [1.29, 1.82) is 0 Å². The van der Waals surface area contributed by atoms with Crippen molar-refractivity contribution in [1.82, 2.24) is 9.97 Å². The number of nitrogens with zero attached hydrogens (tertiary/aromatic N) is 3. The van der Waals surface area contributed by atoms with Crippen LogP contribution in [0.15, 0.2) is 36.4 Å². The molecular formula is C19H26N4O3S. The number of anilines is 2. The Kier molecular flexibility index (Phi) is 6.28. The van der Waals surface area contributed by atoms with Gasteiger partial charge in [-0.3, -0.25) is 0 Å². The van der Waals surface area contributed by atoms with Crippen LogP contribution >= 0.6 is 0 Å². The minimum atomic E-state index is -2.97. The first-order chi connectivity index (χ1) is 13.0. The van der Waals surface area contributed by atoms with Gasteiger partial charge in [0.05, 0.1) is 18.1 Å². The maximum absolute atomic E-state index is 11.9. The van der Waals surface area contributed by atoms with Crippen molar-refractivity contribution in [3.63, 3.8) is 0 Å². The number of hydrogen-bond acceptors (Lipinski definition) is 7. The molecule has 1 aliphatic rings. The molecule has 1 saturated heterocycles. The fourth-order valence-electron chi connectivity index (χ4n) is 3.30. The molecule has 1 aromatic carbocycles. The molecule has 1 aromatic heterocycles. The van der Waals surface area contributed by atoms with Crippen LogP contribution in [0, 0.1) is 0 Å². The fraction of sp³-hybridized carbons (Fsp3) is 0.474. The summed E-state index contributed by atoms with van der Waals surface area (Å²) >= 11 is 0. The second kappa shape index (κ2) is 8.67. The van der Waals surface area contributed by atoms with Crippen LogP contribution in [0.2, 0.25) is 0 Å². The van der Waals surface area contributed by atoms with Crippen molar-refractivity contribution in [2.75, 3.05) is 48.5 Å². The molecule has 1 aliphatic heterocycles. The number of sulfone groups is 1. The molecule has 0 saturated carbocycles. The number of hydrogen-bond donors (Lipinski definition) is 1. The van der Waals surface area contributed by atoms with Crippen LogP contribution in [0.1, 0.15) is 13.3 Å². The van der Waals surface area contributed by atoms with E-state index in [1.165, 1.54) is 0 Å². The number of ether oxygens (including phenoxy) is 1. The molecule has 1 unspecified atom stereocenters.